The average molecular weight is 360 g/mol. The van der Waals surface area contributed by atoms with E-state index in [-0.39, 0.29) is 18.3 Å². The summed E-state index contributed by atoms with van der Waals surface area (Å²) in [5.74, 6) is 1.36. The number of carbonyl (C=O) groups is 1. The Balaban J connectivity index is 0.00000264. The van der Waals surface area contributed by atoms with Crippen molar-refractivity contribution in [1.82, 2.24) is 15.5 Å². The maximum Gasteiger partial charge on any atom is 0.230 e. The van der Waals surface area contributed by atoms with Gasteiger partial charge in [0.15, 0.2) is 0 Å². The highest BCUT2D eigenvalue weighted by Gasteiger charge is 2.09. The first kappa shape index (κ1) is 20.1. The SMILES string of the molecule is COc1cccc(SCC(=O)NCCCN2CCNCC2)c1.Cl. The van der Waals surface area contributed by atoms with E-state index in [0.29, 0.717) is 5.75 Å². The van der Waals surface area contributed by atoms with Gasteiger partial charge >= 0.3 is 0 Å². The first-order valence-electron chi connectivity index (χ1n) is 7.74. The van der Waals surface area contributed by atoms with Crippen molar-refractivity contribution in [3.63, 3.8) is 0 Å². The van der Waals surface area contributed by atoms with Crippen molar-refractivity contribution in [3.8, 4) is 5.75 Å². The van der Waals surface area contributed by atoms with Gasteiger partial charge in [-0.15, -0.1) is 24.2 Å². The van der Waals surface area contributed by atoms with Crippen molar-refractivity contribution in [2.75, 3.05) is 52.1 Å². The summed E-state index contributed by atoms with van der Waals surface area (Å²) < 4.78 is 5.18. The molecular weight excluding hydrogens is 334 g/mol. The Morgan fingerprint density at radius 2 is 2.17 bits per heavy atom. The van der Waals surface area contributed by atoms with Crippen LogP contribution in [0.15, 0.2) is 29.2 Å². The zero-order chi connectivity index (χ0) is 15.6. The molecule has 1 aliphatic rings. The van der Waals surface area contributed by atoms with Gasteiger partial charge in [0, 0.05) is 37.6 Å². The van der Waals surface area contributed by atoms with Crippen molar-refractivity contribution < 1.29 is 9.53 Å². The van der Waals surface area contributed by atoms with Gasteiger partial charge in [0.1, 0.15) is 5.75 Å². The number of rotatable bonds is 8. The van der Waals surface area contributed by atoms with Crippen LogP contribution in [0, 0.1) is 0 Å². The highest BCUT2D eigenvalue weighted by Crippen LogP contribution is 2.22. The smallest absolute Gasteiger partial charge is 0.230 e. The molecule has 130 valence electrons. The number of amides is 1. The quantitative estimate of drug-likeness (QED) is 0.545. The number of benzene rings is 1. The van der Waals surface area contributed by atoms with Gasteiger partial charge in [-0.1, -0.05) is 6.07 Å². The third-order valence-electron chi connectivity index (χ3n) is 3.59. The molecule has 0 atom stereocenters. The summed E-state index contributed by atoms with van der Waals surface area (Å²) in [5, 5.41) is 6.33. The third kappa shape index (κ3) is 7.92. The van der Waals surface area contributed by atoms with E-state index >= 15 is 0 Å². The summed E-state index contributed by atoms with van der Waals surface area (Å²) in [6.07, 6.45) is 1.01. The number of nitrogens with zero attached hydrogens (tertiary/aromatic N) is 1. The van der Waals surface area contributed by atoms with E-state index in [1.165, 1.54) is 11.8 Å². The minimum absolute atomic E-state index is 0. The largest absolute Gasteiger partial charge is 0.497 e. The van der Waals surface area contributed by atoms with E-state index in [9.17, 15) is 4.79 Å². The van der Waals surface area contributed by atoms with Crippen LogP contribution in [-0.2, 0) is 4.79 Å². The van der Waals surface area contributed by atoms with Crippen LogP contribution < -0.4 is 15.4 Å². The van der Waals surface area contributed by atoms with Crippen LogP contribution in [0.4, 0.5) is 0 Å². The number of methoxy groups -OCH3 is 1. The van der Waals surface area contributed by atoms with Gasteiger partial charge in [-0.2, -0.15) is 0 Å². The molecule has 1 amide bonds. The molecule has 0 bridgehead atoms. The van der Waals surface area contributed by atoms with Crippen molar-refractivity contribution in [2.45, 2.75) is 11.3 Å². The van der Waals surface area contributed by atoms with Gasteiger partial charge in [-0.3, -0.25) is 4.79 Å². The molecule has 23 heavy (non-hydrogen) atoms. The first-order valence-corrected chi connectivity index (χ1v) is 8.73. The third-order valence-corrected chi connectivity index (χ3v) is 4.59. The molecule has 0 aliphatic carbocycles. The van der Waals surface area contributed by atoms with Crippen molar-refractivity contribution in [3.05, 3.63) is 24.3 Å². The van der Waals surface area contributed by atoms with E-state index in [1.54, 1.807) is 7.11 Å². The van der Waals surface area contributed by atoms with E-state index in [1.807, 2.05) is 24.3 Å². The van der Waals surface area contributed by atoms with Crippen LogP contribution in [0.25, 0.3) is 0 Å². The molecule has 2 rings (SSSR count). The van der Waals surface area contributed by atoms with Crippen LogP contribution in [0.5, 0.6) is 5.75 Å². The predicted molar refractivity (Wildman–Crippen MR) is 97.9 cm³/mol. The fraction of sp³-hybridized carbons (Fsp3) is 0.562. The predicted octanol–water partition coefficient (Wildman–Crippen LogP) is 1.62. The second-order valence-corrected chi connectivity index (χ2v) is 6.31. The Kier molecular flexibility index (Phi) is 10.1. The minimum Gasteiger partial charge on any atom is -0.497 e. The van der Waals surface area contributed by atoms with Gasteiger partial charge in [0.2, 0.25) is 5.91 Å². The molecule has 0 spiro atoms. The number of hydrogen-bond acceptors (Lipinski definition) is 5. The Hall–Kier alpha value is -0.950. The van der Waals surface area contributed by atoms with Crippen LogP contribution >= 0.6 is 24.2 Å². The normalized spacial score (nSPS) is 14.8. The minimum atomic E-state index is 0. The number of nitrogens with one attached hydrogen (secondary N) is 2. The summed E-state index contributed by atoms with van der Waals surface area (Å²) in [6.45, 7) is 6.18. The fourth-order valence-corrected chi connectivity index (χ4v) is 3.13. The Morgan fingerprint density at radius 1 is 1.39 bits per heavy atom. The fourth-order valence-electron chi connectivity index (χ4n) is 2.36. The maximum atomic E-state index is 11.8. The molecular formula is C16H26ClN3O2S. The molecule has 0 saturated carbocycles. The lowest BCUT2D eigenvalue weighted by molar-refractivity contribution is -0.118. The number of piperazine rings is 1. The highest BCUT2D eigenvalue weighted by atomic mass is 35.5. The van der Waals surface area contributed by atoms with Gasteiger partial charge in [-0.25, -0.2) is 0 Å². The molecule has 1 heterocycles. The Morgan fingerprint density at radius 3 is 2.91 bits per heavy atom. The van der Waals surface area contributed by atoms with Gasteiger partial charge in [0.05, 0.1) is 12.9 Å². The number of ether oxygens (including phenoxy) is 1. The Labute approximate surface area is 148 Å². The molecule has 1 fully saturated rings. The Bertz CT molecular complexity index is 470. The summed E-state index contributed by atoms with van der Waals surface area (Å²) in [7, 11) is 1.65. The summed E-state index contributed by atoms with van der Waals surface area (Å²) in [4.78, 5) is 15.3. The molecule has 0 aromatic heterocycles. The lowest BCUT2D eigenvalue weighted by Gasteiger charge is -2.27. The lowest BCUT2D eigenvalue weighted by atomic mass is 10.3. The topological polar surface area (TPSA) is 53.6 Å². The zero-order valence-corrected chi connectivity index (χ0v) is 15.2. The monoisotopic (exact) mass is 359 g/mol. The first-order chi connectivity index (χ1) is 10.8. The number of carbonyl (C=O) groups excluding carboxylic acids is 1. The van der Waals surface area contributed by atoms with Gasteiger partial charge in [-0.05, 0) is 31.2 Å². The number of thioether (sulfide) groups is 1. The van der Waals surface area contributed by atoms with Crippen LogP contribution in [0.1, 0.15) is 6.42 Å². The van der Waals surface area contributed by atoms with Crippen molar-refractivity contribution in [1.29, 1.82) is 0 Å². The average Bonchev–Trinajstić information content (AvgIpc) is 2.58. The van der Waals surface area contributed by atoms with E-state index < -0.39 is 0 Å². The molecule has 1 aromatic carbocycles. The highest BCUT2D eigenvalue weighted by molar-refractivity contribution is 8.00. The lowest BCUT2D eigenvalue weighted by Crippen LogP contribution is -2.44. The van der Waals surface area contributed by atoms with E-state index in [0.717, 1.165) is 56.3 Å². The van der Waals surface area contributed by atoms with Crippen molar-refractivity contribution >= 4 is 30.1 Å². The van der Waals surface area contributed by atoms with Crippen LogP contribution in [0.3, 0.4) is 0 Å². The molecule has 1 saturated heterocycles. The molecule has 1 aliphatic heterocycles. The summed E-state index contributed by atoms with van der Waals surface area (Å²) >= 11 is 1.53. The molecule has 2 N–H and O–H groups in total. The van der Waals surface area contributed by atoms with E-state index in [2.05, 4.69) is 15.5 Å². The molecule has 5 nitrogen and oxygen atoms in total. The van der Waals surface area contributed by atoms with Crippen molar-refractivity contribution in [2.24, 2.45) is 0 Å². The zero-order valence-electron chi connectivity index (χ0n) is 13.5. The van der Waals surface area contributed by atoms with Crippen LogP contribution in [0.2, 0.25) is 0 Å². The van der Waals surface area contributed by atoms with Gasteiger partial charge < -0.3 is 20.3 Å². The van der Waals surface area contributed by atoms with Crippen LogP contribution in [-0.4, -0.2) is 62.9 Å². The second-order valence-electron chi connectivity index (χ2n) is 5.26. The van der Waals surface area contributed by atoms with Gasteiger partial charge in [0.25, 0.3) is 0 Å². The summed E-state index contributed by atoms with van der Waals surface area (Å²) in [6, 6.07) is 7.78. The molecule has 7 heteroatoms. The molecule has 0 unspecified atom stereocenters. The maximum absolute atomic E-state index is 11.8. The van der Waals surface area contributed by atoms with E-state index in [4.69, 9.17) is 4.74 Å². The standard InChI is InChI=1S/C16H25N3O2S.ClH/c1-21-14-4-2-5-15(12-14)22-13-16(20)18-6-3-9-19-10-7-17-8-11-19;/h2,4-5,12,17H,3,6-11,13H2,1H3,(H,18,20);1H. The molecule has 1 aromatic rings. The number of hydrogen-bond donors (Lipinski definition) is 2. The summed E-state index contributed by atoms with van der Waals surface area (Å²) in [5.41, 5.74) is 0. The second kappa shape index (κ2) is 11.6. The number of halogens is 1. The molecule has 0 radical (unpaired) electrons.